The van der Waals surface area contributed by atoms with E-state index < -0.39 is 12.1 Å². The van der Waals surface area contributed by atoms with Gasteiger partial charge in [0.1, 0.15) is 5.82 Å². The normalized spacial score (nSPS) is 25.2. The molecule has 3 rings (SSSR count). The highest BCUT2D eigenvalue weighted by Crippen LogP contribution is 2.37. The number of carboxylic acid groups (broad SMARTS) is 1. The second-order valence-electron chi connectivity index (χ2n) is 7.13. The van der Waals surface area contributed by atoms with Gasteiger partial charge in [-0.3, -0.25) is 9.69 Å². The Hall–Kier alpha value is -2.16. The van der Waals surface area contributed by atoms with Crippen LogP contribution in [0.25, 0.3) is 0 Å². The highest BCUT2D eigenvalue weighted by Gasteiger charge is 2.47. The second-order valence-corrected chi connectivity index (χ2v) is 7.13. The maximum absolute atomic E-state index is 13.0. The molecule has 2 heterocycles. The summed E-state index contributed by atoms with van der Waals surface area (Å²) in [4.78, 5) is 23.1. The topological polar surface area (TPSA) is 69.6 Å². The Morgan fingerprint density at radius 2 is 1.89 bits per heavy atom. The van der Waals surface area contributed by atoms with Crippen LogP contribution in [0.1, 0.15) is 44.6 Å². The maximum atomic E-state index is 13.0. The smallest absolute Gasteiger partial charge is 0.475 e. The van der Waals surface area contributed by atoms with Crippen molar-refractivity contribution in [3.8, 4) is 0 Å². The summed E-state index contributed by atoms with van der Waals surface area (Å²) in [6, 6.07) is 7.14. The number of nitrogens with one attached hydrogen (secondary N) is 1. The van der Waals surface area contributed by atoms with Crippen LogP contribution in [0.5, 0.6) is 0 Å². The molecule has 2 aliphatic heterocycles. The molecule has 2 saturated heterocycles. The van der Waals surface area contributed by atoms with E-state index in [-0.39, 0.29) is 17.3 Å². The Morgan fingerprint density at radius 1 is 1.29 bits per heavy atom. The minimum absolute atomic E-state index is 0.0376. The molecule has 2 atom stereocenters. The minimum Gasteiger partial charge on any atom is -0.475 e. The third-order valence-corrected chi connectivity index (χ3v) is 5.26. The third kappa shape index (κ3) is 5.43. The summed E-state index contributed by atoms with van der Waals surface area (Å²) in [6.07, 6.45) is -0.262. The van der Waals surface area contributed by atoms with Crippen LogP contribution in [0.2, 0.25) is 0 Å². The van der Waals surface area contributed by atoms with Gasteiger partial charge in [-0.1, -0.05) is 19.1 Å². The number of alkyl halides is 3. The molecular formula is C19H24F4N2O3. The van der Waals surface area contributed by atoms with E-state index in [1.54, 1.807) is 0 Å². The van der Waals surface area contributed by atoms with E-state index in [0.29, 0.717) is 12.5 Å². The van der Waals surface area contributed by atoms with Crippen LogP contribution in [-0.4, -0.2) is 46.2 Å². The lowest BCUT2D eigenvalue weighted by molar-refractivity contribution is -0.192. The molecule has 0 aliphatic carbocycles. The molecule has 156 valence electrons. The van der Waals surface area contributed by atoms with Gasteiger partial charge in [-0.25, -0.2) is 9.18 Å². The van der Waals surface area contributed by atoms with Crippen LogP contribution in [0, 0.1) is 5.82 Å². The van der Waals surface area contributed by atoms with E-state index in [2.05, 4.69) is 17.1 Å². The van der Waals surface area contributed by atoms with Crippen LogP contribution in [0.15, 0.2) is 24.3 Å². The van der Waals surface area contributed by atoms with Crippen molar-refractivity contribution in [2.45, 2.75) is 63.3 Å². The van der Waals surface area contributed by atoms with Crippen molar-refractivity contribution in [3.05, 3.63) is 35.6 Å². The molecular weight excluding hydrogens is 380 g/mol. The molecule has 1 amide bonds. The maximum Gasteiger partial charge on any atom is 0.490 e. The average molecular weight is 404 g/mol. The lowest BCUT2D eigenvalue weighted by Gasteiger charge is -2.48. The molecule has 0 unspecified atom stereocenters. The van der Waals surface area contributed by atoms with E-state index >= 15 is 0 Å². The number of piperidine rings is 1. The van der Waals surface area contributed by atoms with Gasteiger partial charge in [0.05, 0.1) is 5.54 Å². The van der Waals surface area contributed by atoms with Crippen LogP contribution in [0.4, 0.5) is 17.6 Å². The molecule has 0 aromatic heterocycles. The summed E-state index contributed by atoms with van der Waals surface area (Å²) in [5.41, 5.74) is 1.10. The predicted molar refractivity (Wildman–Crippen MR) is 93.9 cm³/mol. The molecule has 1 aromatic carbocycles. The highest BCUT2D eigenvalue weighted by molar-refractivity contribution is 5.79. The number of rotatable bonds is 3. The quantitative estimate of drug-likeness (QED) is 0.757. The van der Waals surface area contributed by atoms with Crippen molar-refractivity contribution in [1.29, 1.82) is 0 Å². The van der Waals surface area contributed by atoms with E-state index in [4.69, 9.17) is 9.90 Å². The molecule has 9 heteroatoms. The Morgan fingerprint density at radius 3 is 2.36 bits per heavy atom. The summed E-state index contributed by atoms with van der Waals surface area (Å²) in [5, 5.41) is 10.4. The van der Waals surface area contributed by atoms with Gasteiger partial charge in [0.15, 0.2) is 0 Å². The first-order valence-electron chi connectivity index (χ1n) is 9.17. The van der Waals surface area contributed by atoms with Gasteiger partial charge in [0.2, 0.25) is 5.91 Å². The van der Waals surface area contributed by atoms with Crippen LogP contribution in [0.3, 0.4) is 0 Å². The van der Waals surface area contributed by atoms with E-state index in [0.717, 1.165) is 44.3 Å². The predicted octanol–water partition coefficient (Wildman–Crippen LogP) is 3.48. The molecule has 0 radical (unpaired) electrons. The fourth-order valence-corrected chi connectivity index (χ4v) is 4.11. The number of hydrogen-bond acceptors (Lipinski definition) is 3. The van der Waals surface area contributed by atoms with Crippen molar-refractivity contribution in [3.63, 3.8) is 0 Å². The van der Waals surface area contributed by atoms with Crippen LogP contribution in [-0.2, 0) is 16.1 Å². The number of carboxylic acids is 1. The van der Waals surface area contributed by atoms with Gasteiger partial charge in [-0.2, -0.15) is 13.2 Å². The number of amides is 1. The number of carbonyl (C=O) groups is 2. The summed E-state index contributed by atoms with van der Waals surface area (Å²) >= 11 is 0. The van der Waals surface area contributed by atoms with Crippen LogP contribution < -0.4 is 5.32 Å². The zero-order chi connectivity index (χ0) is 20.9. The Kier molecular flexibility index (Phi) is 7.03. The van der Waals surface area contributed by atoms with E-state index in [1.807, 2.05) is 12.1 Å². The largest absolute Gasteiger partial charge is 0.490 e. The van der Waals surface area contributed by atoms with E-state index in [9.17, 15) is 22.4 Å². The van der Waals surface area contributed by atoms with Crippen LogP contribution >= 0.6 is 0 Å². The van der Waals surface area contributed by atoms with Gasteiger partial charge in [0, 0.05) is 19.0 Å². The molecule has 1 aromatic rings. The number of aliphatic carboxylic acids is 1. The summed E-state index contributed by atoms with van der Waals surface area (Å²) in [6.45, 7) is 4.07. The minimum atomic E-state index is -5.08. The first kappa shape index (κ1) is 22.1. The second kappa shape index (κ2) is 8.89. The monoisotopic (exact) mass is 404 g/mol. The lowest BCUT2D eigenvalue weighted by atomic mass is 9.78. The lowest BCUT2D eigenvalue weighted by Crippen LogP contribution is -2.61. The number of carbonyl (C=O) groups excluding carboxylic acids is 1. The summed E-state index contributed by atoms with van der Waals surface area (Å²) in [7, 11) is 0. The highest BCUT2D eigenvalue weighted by atomic mass is 19.4. The SMILES string of the molecule is CC[C@@H]1N(Cc2ccc(F)cc2)CCC[C@]12CCC(=O)N2.O=C(O)C(F)(F)F. The number of nitrogens with zero attached hydrogens (tertiary/aromatic N) is 1. The van der Waals surface area contributed by atoms with Gasteiger partial charge >= 0.3 is 12.1 Å². The number of benzene rings is 1. The van der Waals surface area contributed by atoms with Crippen molar-refractivity contribution in [2.75, 3.05) is 6.54 Å². The van der Waals surface area contributed by atoms with Crippen molar-refractivity contribution < 1.29 is 32.3 Å². The molecule has 28 heavy (non-hydrogen) atoms. The zero-order valence-electron chi connectivity index (χ0n) is 15.6. The zero-order valence-corrected chi connectivity index (χ0v) is 15.6. The molecule has 2 aliphatic rings. The summed E-state index contributed by atoms with van der Waals surface area (Å²) < 4.78 is 44.8. The van der Waals surface area contributed by atoms with Gasteiger partial charge in [0.25, 0.3) is 0 Å². The van der Waals surface area contributed by atoms with Crippen molar-refractivity contribution >= 4 is 11.9 Å². The molecule has 0 bridgehead atoms. The molecule has 2 fully saturated rings. The number of likely N-dealkylation sites (tertiary alicyclic amines) is 1. The molecule has 5 nitrogen and oxygen atoms in total. The Bertz CT molecular complexity index is 693. The van der Waals surface area contributed by atoms with Gasteiger partial charge in [-0.15, -0.1) is 0 Å². The average Bonchev–Trinajstić information content (AvgIpc) is 2.98. The fourth-order valence-electron chi connectivity index (χ4n) is 4.11. The fraction of sp³-hybridized carbons (Fsp3) is 0.579. The number of hydrogen-bond donors (Lipinski definition) is 2. The standard InChI is InChI=1S/C17H23FN2O.C2HF3O2/c1-2-15-17(10-8-16(21)19-17)9-3-11-20(15)12-13-4-6-14(18)7-5-13;3-2(4,5)1(6)7/h4-7,15H,2-3,8-12H2,1H3,(H,19,21);(H,6,7)/t15-,17-;/m0./s1. The third-order valence-electron chi connectivity index (χ3n) is 5.26. The first-order valence-corrected chi connectivity index (χ1v) is 9.17. The van der Waals surface area contributed by atoms with Gasteiger partial charge < -0.3 is 10.4 Å². The summed E-state index contributed by atoms with van der Waals surface area (Å²) in [5.74, 6) is -2.76. The molecule has 0 saturated carbocycles. The van der Waals surface area contributed by atoms with E-state index in [1.165, 1.54) is 12.1 Å². The molecule has 1 spiro atoms. The van der Waals surface area contributed by atoms with Crippen molar-refractivity contribution in [1.82, 2.24) is 10.2 Å². The van der Waals surface area contributed by atoms with Crippen molar-refractivity contribution in [2.24, 2.45) is 0 Å². The molecule has 2 N–H and O–H groups in total. The number of halogens is 4. The Labute approximate surface area is 160 Å². The first-order chi connectivity index (χ1) is 13.1. The van der Waals surface area contributed by atoms with Gasteiger partial charge in [-0.05, 0) is 49.9 Å². The Balaban J connectivity index is 0.000000345.